The van der Waals surface area contributed by atoms with Gasteiger partial charge >= 0.3 is 6.18 Å². The summed E-state index contributed by atoms with van der Waals surface area (Å²) in [7, 11) is 0. The number of hydrogen-bond donors (Lipinski definition) is 1. The van der Waals surface area contributed by atoms with Crippen LogP contribution in [-0.2, 0) is 24.1 Å². The van der Waals surface area contributed by atoms with Crippen molar-refractivity contribution >= 4 is 23.3 Å². The lowest BCUT2D eigenvalue weighted by molar-refractivity contribution is -0.141. The Bertz CT molecular complexity index is 1060. The number of halogens is 5. The molecule has 160 valence electrons. The van der Waals surface area contributed by atoms with E-state index < -0.39 is 29.5 Å². The average Bonchev–Trinajstić information content (AvgIpc) is 3.24. The Labute approximate surface area is 174 Å². The third-order valence-electron chi connectivity index (χ3n) is 4.41. The number of benzene rings is 1. The van der Waals surface area contributed by atoms with Gasteiger partial charge < -0.3 is 5.32 Å². The van der Waals surface area contributed by atoms with E-state index in [1.165, 1.54) is 23.7 Å². The standard InChI is InChI=1S/C19H18ClF4N5O/c1-11(9-29-12(2)7-16(26-29)19(22,23)24)18(30)25-17-5-6-28(27-17)10-13-3-4-14(21)8-15(13)20/h3-8,11H,9-10H2,1-2H3,(H,25,27,30). The fourth-order valence-corrected chi connectivity index (χ4v) is 2.99. The molecule has 0 radical (unpaired) electrons. The minimum Gasteiger partial charge on any atom is -0.309 e. The molecule has 0 saturated carbocycles. The Kier molecular flexibility index (Phi) is 6.16. The van der Waals surface area contributed by atoms with Crippen LogP contribution in [0.25, 0.3) is 0 Å². The van der Waals surface area contributed by atoms with Gasteiger partial charge in [-0.15, -0.1) is 0 Å². The molecule has 2 aromatic heterocycles. The first-order valence-electron chi connectivity index (χ1n) is 8.93. The molecule has 0 bridgehead atoms. The van der Waals surface area contributed by atoms with Crippen molar-refractivity contribution in [2.24, 2.45) is 5.92 Å². The zero-order valence-corrected chi connectivity index (χ0v) is 16.8. The topological polar surface area (TPSA) is 64.7 Å². The molecule has 0 saturated heterocycles. The molecule has 0 aliphatic rings. The second-order valence-electron chi connectivity index (χ2n) is 6.88. The van der Waals surface area contributed by atoms with E-state index in [0.717, 1.165) is 10.7 Å². The quantitative estimate of drug-likeness (QED) is 0.570. The number of hydrogen-bond acceptors (Lipinski definition) is 3. The van der Waals surface area contributed by atoms with E-state index in [1.807, 2.05) is 0 Å². The molecule has 0 spiro atoms. The largest absolute Gasteiger partial charge is 0.435 e. The zero-order chi connectivity index (χ0) is 22.1. The Balaban J connectivity index is 1.61. The first-order valence-corrected chi connectivity index (χ1v) is 9.30. The minimum atomic E-state index is -4.54. The number of amides is 1. The Morgan fingerprint density at radius 3 is 2.60 bits per heavy atom. The van der Waals surface area contributed by atoms with Gasteiger partial charge in [0.15, 0.2) is 11.5 Å². The van der Waals surface area contributed by atoms with Gasteiger partial charge in [-0.25, -0.2) is 4.39 Å². The van der Waals surface area contributed by atoms with Crippen molar-refractivity contribution in [2.45, 2.75) is 33.1 Å². The van der Waals surface area contributed by atoms with Gasteiger partial charge in [-0.05, 0) is 30.7 Å². The first-order chi connectivity index (χ1) is 14.0. The van der Waals surface area contributed by atoms with Crippen LogP contribution < -0.4 is 5.32 Å². The molecule has 1 amide bonds. The molecule has 0 aliphatic heterocycles. The summed E-state index contributed by atoms with van der Waals surface area (Å²) in [5.74, 6) is -1.23. The second kappa shape index (κ2) is 8.47. The fourth-order valence-electron chi connectivity index (χ4n) is 2.77. The van der Waals surface area contributed by atoms with Gasteiger partial charge in [0.2, 0.25) is 5.91 Å². The summed E-state index contributed by atoms with van der Waals surface area (Å²) in [4.78, 5) is 12.4. The van der Waals surface area contributed by atoms with Crippen molar-refractivity contribution in [1.82, 2.24) is 19.6 Å². The predicted molar refractivity (Wildman–Crippen MR) is 102 cm³/mol. The van der Waals surface area contributed by atoms with Gasteiger partial charge in [-0.1, -0.05) is 24.6 Å². The number of nitrogens with one attached hydrogen (secondary N) is 1. The summed E-state index contributed by atoms with van der Waals surface area (Å²) in [6.45, 7) is 3.34. The van der Waals surface area contributed by atoms with Gasteiger partial charge in [0, 0.05) is 23.0 Å². The molecule has 6 nitrogen and oxygen atoms in total. The third-order valence-corrected chi connectivity index (χ3v) is 4.76. The SMILES string of the molecule is Cc1cc(C(F)(F)F)nn1CC(C)C(=O)Nc1ccn(Cc2ccc(F)cc2Cl)n1. The van der Waals surface area contributed by atoms with Crippen molar-refractivity contribution in [3.05, 3.63) is 64.3 Å². The maximum absolute atomic E-state index is 13.1. The Morgan fingerprint density at radius 2 is 1.97 bits per heavy atom. The Hall–Kier alpha value is -2.88. The van der Waals surface area contributed by atoms with Gasteiger partial charge in [-0.3, -0.25) is 14.2 Å². The third kappa shape index (κ3) is 5.18. The van der Waals surface area contributed by atoms with Crippen LogP contribution in [-0.4, -0.2) is 25.5 Å². The summed E-state index contributed by atoms with van der Waals surface area (Å²) in [6, 6.07) is 6.54. The van der Waals surface area contributed by atoms with Gasteiger partial charge in [0.05, 0.1) is 19.0 Å². The van der Waals surface area contributed by atoms with E-state index in [2.05, 4.69) is 15.5 Å². The monoisotopic (exact) mass is 443 g/mol. The number of alkyl halides is 3. The summed E-state index contributed by atoms with van der Waals surface area (Å²) in [5, 5.41) is 10.6. The van der Waals surface area contributed by atoms with Crippen LogP contribution in [0.15, 0.2) is 36.5 Å². The first kappa shape index (κ1) is 21.8. The maximum atomic E-state index is 13.1. The van der Waals surface area contributed by atoms with E-state index in [4.69, 9.17) is 11.6 Å². The van der Waals surface area contributed by atoms with Crippen LogP contribution in [0, 0.1) is 18.7 Å². The van der Waals surface area contributed by atoms with Gasteiger partial charge in [0.25, 0.3) is 0 Å². The summed E-state index contributed by atoms with van der Waals surface area (Å²) >= 11 is 6.00. The number of carbonyl (C=O) groups is 1. The van der Waals surface area contributed by atoms with E-state index >= 15 is 0 Å². The lowest BCUT2D eigenvalue weighted by Crippen LogP contribution is -2.25. The Morgan fingerprint density at radius 1 is 1.23 bits per heavy atom. The number of nitrogens with zero attached hydrogens (tertiary/aromatic N) is 4. The van der Waals surface area contributed by atoms with E-state index in [-0.39, 0.29) is 23.9 Å². The molecule has 11 heteroatoms. The molecule has 1 atom stereocenters. The highest BCUT2D eigenvalue weighted by Gasteiger charge is 2.34. The predicted octanol–water partition coefficient (Wildman–Crippen LogP) is 4.52. The smallest absolute Gasteiger partial charge is 0.309 e. The van der Waals surface area contributed by atoms with Gasteiger partial charge in [-0.2, -0.15) is 23.4 Å². The normalized spacial score (nSPS) is 12.8. The molecule has 3 rings (SSSR count). The van der Waals surface area contributed by atoms with Crippen molar-refractivity contribution < 1.29 is 22.4 Å². The molecule has 3 aromatic rings. The van der Waals surface area contributed by atoms with E-state index in [1.54, 1.807) is 25.3 Å². The number of anilines is 1. The molecule has 1 unspecified atom stereocenters. The van der Waals surface area contributed by atoms with Crippen LogP contribution in [0.3, 0.4) is 0 Å². The van der Waals surface area contributed by atoms with Crippen molar-refractivity contribution in [3.63, 3.8) is 0 Å². The lowest BCUT2D eigenvalue weighted by Gasteiger charge is -2.12. The van der Waals surface area contributed by atoms with Crippen molar-refractivity contribution in [1.29, 1.82) is 0 Å². The molecule has 1 aromatic carbocycles. The van der Waals surface area contributed by atoms with Gasteiger partial charge in [0.1, 0.15) is 5.82 Å². The number of carbonyl (C=O) groups excluding carboxylic acids is 1. The zero-order valence-electron chi connectivity index (χ0n) is 16.0. The second-order valence-corrected chi connectivity index (χ2v) is 7.28. The number of aromatic nitrogens is 4. The van der Waals surface area contributed by atoms with Crippen LogP contribution in [0.5, 0.6) is 0 Å². The highest BCUT2D eigenvalue weighted by atomic mass is 35.5. The molecule has 2 heterocycles. The molecule has 0 aliphatic carbocycles. The van der Waals surface area contributed by atoms with Crippen molar-refractivity contribution in [2.75, 3.05) is 5.32 Å². The highest BCUT2D eigenvalue weighted by Crippen LogP contribution is 2.28. The van der Waals surface area contributed by atoms with E-state index in [9.17, 15) is 22.4 Å². The van der Waals surface area contributed by atoms with Crippen LogP contribution in [0.2, 0.25) is 5.02 Å². The molecule has 0 fully saturated rings. The molecule has 30 heavy (non-hydrogen) atoms. The number of aryl methyl sites for hydroxylation is 1. The fraction of sp³-hybridized carbons (Fsp3) is 0.316. The minimum absolute atomic E-state index is 0.0142. The molecule has 1 N–H and O–H groups in total. The van der Waals surface area contributed by atoms with Crippen molar-refractivity contribution in [3.8, 4) is 0 Å². The van der Waals surface area contributed by atoms with E-state index in [0.29, 0.717) is 11.3 Å². The molecular formula is C19H18ClF4N5O. The molecular weight excluding hydrogens is 426 g/mol. The lowest BCUT2D eigenvalue weighted by atomic mass is 10.1. The number of rotatable bonds is 6. The summed E-state index contributed by atoms with van der Waals surface area (Å²) in [6.07, 6.45) is -2.92. The van der Waals surface area contributed by atoms with Crippen LogP contribution >= 0.6 is 11.6 Å². The van der Waals surface area contributed by atoms with Crippen LogP contribution in [0.1, 0.15) is 23.9 Å². The maximum Gasteiger partial charge on any atom is 0.435 e. The summed E-state index contributed by atoms with van der Waals surface area (Å²) < 4.78 is 54.1. The average molecular weight is 444 g/mol. The highest BCUT2D eigenvalue weighted by molar-refractivity contribution is 6.31. The summed E-state index contributed by atoms with van der Waals surface area (Å²) in [5.41, 5.74) is -0.0322. The van der Waals surface area contributed by atoms with Crippen LogP contribution in [0.4, 0.5) is 23.4 Å².